The number of hydrogen-bond acceptors (Lipinski definition) is 4. The molecular formula is C6H13NO4S. The minimum absolute atomic E-state index is 0.968. The van der Waals surface area contributed by atoms with Gasteiger partial charge in [0.05, 0.1) is 4.75 Å². The molecule has 0 aliphatic carbocycles. The van der Waals surface area contributed by atoms with Gasteiger partial charge in [0.1, 0.15) is 6.04 Å². The minimum atomic E-state index is -3.45. The third-order valence-electron chi connectivity index (χ3n) is 1.97. The number of carboxylic acids is 1. The van der Waals surface area contributed by atoms with Crippen molar-refractivity contribution in [3.63, 3.8) is 0 Å². The third-order valence-corrected chi connectivity index (χ3v) is 4.14. The van der Waals surface area contributed by atoms with E-state index >= 15 is 0 Å². The summed E-state index contributed by atoms with van der Waals surface area (Å²) < 4.78 is 20.7. The summed E-state index contributed by atoms with van der Waals surface area (Å²) in [6.07, 6.45) is 0.968. The summed E-state index contributed by atoms with van der Waals surface area (Å²) in [5.74, 6) is -1.31. The van der Waals surface area contributed by atoms with Crippen LogP contribution < -0.4 is 5.73 Å². The van der Waals surface area contributed by atoms with E-state index in [0.717, 1.165) is 6.26 Å². The van der Waals surface area contributed by atoms with Crippen molar-refractivity contribution in [1.82, 2.24) is 0 Å². The van der Waals surface area contributed by atoms with Gasteiger partial charge in [0.25, 0.3) is 0 Å². The fraction of sp³-hybridized carbons (Fsp3) is 0.833. The molecule has 0 aromatic heterocycles. The van der Waals surface area contributed by atoms with Crippen LogP contribution in [0.15, 0.2) is 0 Å². The highest BCUT2D eigenvalue weighted by atomic mass is 32.2. The first-order valence-corrected chi connectivity index (χ1v) is 5.18. The highest BCUT2D eigenvalue weighted by Crippen LogP contribution is 2.18. The second-order valence-electron chi connectivity index (χ2n) is 3.19. The van der Waals surface area contributed by atoms with E-state index in [1.807, 2.05) is 0 Å². The van der Waals surface area contributed by atoms with Gasteiger partial charge in [-0.15, -0.1) is 0 Å². The van der Waals surface area contributed by atoms with E-state index in [9.17, 15) is 13.2 Å². The fourth-order valence-corrected chi connectivity index (χ4v) is 1.09. The molecule has 0 aliphatic heterocycles. The van der Waals surface area contributed by atoms with Gasteiger partial charge >= 0.3 is 5.97 Å². The van der Waals surface area contributed by atoms with Crippen molar-refractivity contribution in [3.05, 3.63) is 0 Å². The lowest BCUT2D eigenvalue weighted by Gasteiger charge is -2.26. The predicted octanol–water partition coefficient (Wildman–Crippen LogP) is -0.778. The summed E-state index contributed by atoms with van der Waals surface area (Å²) in [5.41, 5.74) is 5.20. The van der Waals surface area contributed by atoms with E-state index in [2.05, 4.69) is 0 Å². The number of aliphatic carboxylic acids is 1. The molecule has 6 heteroatoms. The minimum Gasteiger partial charge on any atom is -0.480 e. The van der Waals surface area contributed by atoms with Gasteiger partial charge in [0, 0.05) is 6.26 Å². The molecule has 0 aromatic rings. The number of carbonyl (C=O) groups is 1. The molecule has 0 aliphatic rings. The normalized spacial score (nSPS) is 15.7. The van der Waals surface area contributed by atoms with E-state index in [1.54, 1.807) is 0 Å². The van der Waals surface area contributed by atoms with Crippen LogP contribution in [0, 0.1) is 0 Å². The number of nitrogens with two attached hydrogens (primary N) is 1. The molecule has 0 saturated heterocycles. The van der Waals surface area contributed by atoms with E-state index in [-0.39, 0.29) is 0 Å². The van der Waals surface area contributed by atoms with Crippen LogP contribution in [0.4, 0.5) is 0 Å². The zero-order valence-corrected chi connectivity index (χ0v) is 8.05. The second kappa shape index (κ2) is 3.02. The molecule has 0 heterocycles. The Morgan fingerprint density at radius 1 is 1.50 bits per heavy atom. The van der Waals surface area contributed by atoms with Gasteiger partial charge < -0.3 is 10.8 Å². The first-order chi connectivity index (χ1) is 5.10. The molecule has 0 radical (unpaired) electrons. The van der Waals surface area contributed by atoms with Crippen molar-refractivity contribution in [2.24, 2.45) is 5.73 Å². The summed E-state index contributed by atoms with van der Waals surface area (Å²) >= 11 is 0. The van der Waals surface area contributed by atoms with Crippen molar-refractivity contribution < 1.29 is 18.3 Å². The molecule has 0 rings (SSSR count). The highest BCUT2D eigenvalue weighted by Gasteiger charge is 2.40. The van der Waals surface area contributed by atoms with Gasteiger partial charge in [-0.25, -0.2) is 8.42 Å². The topological polar surface area (TPSA) is 97.5 Å². The molecule has 3 N–H and O–H groups in total. The van der Waals surface area contributed by atoms with Crippen molar-refractivity contribution in [3.8, 4) is 0 Å². The van der Waals surface area contributed by atoms with E-state index < -0.39 is 26.6 Å². The molecule has 0 amide bonds. The first kappa shape index (κ1) is 11.4. The van der Waals surface area contributed by atoms with Crippen LogP contribution >= 0.6 is 0 Å². The summed E-state index contributed by atoms with van der Waals surface area (Å²) in [5, 5.41) is 8.49. The van der Waals surface area contributed by atoms with Crippen LogP contribution in [0.1, 0.15) is 13.8 Å². The Morgan fingerprint density at radius 2 is 1.83 bits per heavy atom. The molecule has 0 saturated carbocycles. The summed E-state index contributed by atoms with van der Waals surface area (Å²) in [7, 11) is -3.45. The highest BCUT2D eigenvalue weighted by molar-refractivity contribution is 7.92. The van der Waals surface area contributed by atoms with Crippen molar-refractivity contribution in [2.75, 3.05) is 6.26 Å². The van der Waals surface area contributed by atoms with Crippen LogP contribution in [0.5, 0.6) is 0 Å². The van der Waals surface area contributed by atoms with Gasteiger partial charge in [-0.05, 0) is 13.8 Å². The van der Waals surface area contributed by atoms with E-state index in [1.165, 1.54) is 13.8 Å². The Bertz CT molecular complexity index is 280. The maximum atomic E-state index is 11.1. The summed E-state index contributed by atoms with van der Waals surface area (Å²) in [6.45, 7) is 2.59. The largest absolute Gasteiger partial charge is 0.480 e. The summed E-state index contributed by atoms with van der Waals surface area (Å²) in [6, 6.07) is -1.40. The Kier molecular flexibility index (Phi) is 2.87. The van der Waals surface area contributed by atoms with E-state index in [0.29, 0.717) is 0 Å². The second-order valence-corrected chi connectivity index (χ2v) is 5.79. The molecule has 5 nitrogen and oxygen atoms in total. The molecule has 12 heavy (non-hydrogen) atoms. The van der Waals surface area contributed by atoms with Crippen LogP contribution in [0.25, 0.3) is 0 Å². The van der Waals surface area contributed by atoms with Crippen molar-refractivity contribution in [1.29, 1.82) is 0 Å². The average molecular weight is 195 g/mol. The van der Waals surface area contributed by atoms with Crippen LogP contribution in [-0.2, 0) is 14.6 Å². The fourth-order valence-electron chi connectivity index (χ4n) is 0.528. The lowest BCUT2D eigenvalue weighted by molar-refractivity contribution is -0.139. The maximum Gasteiger partial charge on any atom is 0.322 e. The van der Waals surface area contributed by atoms with Gasteiger partial charge in [-0.1, -0.05) is 0 Å². The molecule has 0 aromatic carbocycles. The zero-order valence-electron chi connectivity index (χ0n) is 7.23. The maximum absolute atomic E-state index is 11.1. The van der Waals surface area contributed by atoms with Crippen molar-refractivity contribution >= 4 is 15.8 Å². The standard InChI is InChI=1S/C6H13NO4S/c1-6(2,12(3,10)11)4(7)5(8)9/h4H,7H2,1-3H3,(H,8,9)/t4-/m1/s1. The molecule has 0 unspecified atom stereocenters. The Morgan fingerprint density at radius 3 is 1.92 bits per heavy atom. The Hall–Kier alpha value is -0.620. The first-order valence-electron chi connectivity index (χ1n) is 3.28. The van der Waals surface area contributed by atoms with Gasteiger partial charge in [0.2, 0.25) is 0 Å². The third kappa shape index (κ3) is 1.95. The van der Waals surface area contributed by atoms with Gasteiger partial charge in [-0.3, -0.25) is 4.79 Å². The SMILES string of the molecule is CC(C)([C@H](N)C(=O)O)S(C)(=O)=O. The predicted molar refractivity (Wildman–Crippen MR) is 44.5 cm³/mol. The van der Waals surface area contributed by atoms with E-state index in [4.69, 9.17) is 10.8 Å². The number of hydrogen-bond donors (Lipinski definition) is 2. The van der Waals surface area contributed by atoms with Crippen LogP contribution in [0.2, 0.25) is 0 Å². The molecule has 1 atom stereocenters. The number of carboxylic acid groups (broad SMARTS) is 1. The zero-order chi connectivity index (χ0) is 10.2. The van der Waals surface area contributed by atoms with Crippen molar-refractivity contribution in [2.45, 2.75) is 24.6 Å². The number of rotatable bonds is 3. The molecule has 0 bridgehead atoms. The lowest BCUT2D eigenvalue weighted by Crippen LogP contribution is -2.53. The molecule has 72 valence electrons. The van der Waals surface area contributed by atoms with Crippen LogP contribution in [-0.4, -0.2) is 36.5 Å². The molecule has 0 spiro atoms. The smallest absolute Gasteiger partial charge is 0.322 e. The van der Waals surface area contributed by atoms with Gasteiger partial charge in [0.15, 0.2) is 9.84 Å². The Labute approximate surface area is 71.5 Å². The molecular weight excluding hydrogens is 182 g/mol. The molecule has 0 fully saturated rings. The quantitative estimate of drug-likeness (QED) is 0.615. The average Bonchev–Trinajstić information content (AvgIpc) is 1.83. The monoisotopic (exact) mass is 195 g/mol. The lowest BCUT2D eigenvalue weighted by atomic mass is 10.1. The number of sulfone groups is 1. The Balaban J connectivity index is 5.00. The van der Waals surface area contributed by atoms with Crippen LogP contribution in [0.3, 0.4) is 0 Å². The summed E-state index contributed by atoms with van der Waals surface area (Å²) in [4.78, 5) is 10.4. The van der Waals surface area contributed by atoms with Gasteiger partial charge in [-0.2, -0.15) is 0 Å².